The lowest BCUT2D eigenvalue weighted by Gasteiger charge is -2.30. The molecule has 1 aromatic rings. The van der Waals surface area contributed by atoms with Crippen LogP contribution in [-0.4, -0.2) is 29.0 Å². The normalized spacial score (nSPS) is 11.8. The number of hydrogen-bond acceptors (Lipinski definition) is 3. The van der Waals surface area contributed by atoms with Gasteiger partial charge in [-0.15, -0.1) is 0 Å². The lowest BCUT2D eigenvalue weighted by Crippen LogP contribution is -2.50. The van der Waals surface area contributed by atoms with Crippen LogP contribution in [0, 0.1) is 0 Å². The fraction of sp³-hybridized carbons (Fsp3) is 0.500. The second-order valence-electron chi connectivity index (χ2n) is 4.05. The summed E-state index contributed by atoms with van der Waals surface area (Å²) in [5, 5.41) is 21.8. The van der Waals surface area contributed by atoms with E-state index < -0.39 is 5.54 Å². The molecule has 0 saturated carbocycles. The van der Waals surface area contributed by atoms with Crippen LogP contribution < -0.4 is 5.32 Å². The van der Waals surface area contributed by atoms with E-state index in [2.05, 4.69) is 37.2 Å². The molecule has 0 fully saturated rings. The molecule has 0 aromatic heterocycles. The van der Waals surface area contributed by atoms with E-state index in [1.165, 1.54) is 0 Å². The Morgan fingerprint density at radius 1 is 1.18 bits per heavy atom. The number of rotatable bonds is 6. The van der Waals surface area contributed by atoms with Gasteiger partial charge in [-0.25, -0.2) is 0 Å². The minimum Gasteiger partial charge on any atom is -0.394 e. The molecule has 17 heavy (non-hydrogen) atoms. The summed E-state index contributed by atoms with van der Waals surface area (Å²) in [6.45, 7) is 2.41. The lowest BCUT2D eigenvalue weighted by molar-refractivity contribution is 0.0864. The Hall–Kier alpha value is 0.0600. The van der Waals surface area contributed by atoms with E-state index in [1.54, 1.807) is 0 Å². The first-order valence-electron chi connectivity index (χ1n) is 5.47. The van der Waals surface area contributed by atoms with Gasteiger partial charge in [0.25, 0.3) is 0 Å². The Morgan fingerprint density at radius 2 is 1.82 bits per heavy atom. The van der Waals surface area contributed by atoms with E-state index in [-0.39, 0.29) is 13.2 Å². The number of hydrogen-bond donors (Lipinski definition) is 3. The van der Waals surface area contributed by atoms with Crippen molar-refractivity contribution >= 4 is 31.9 Å². The minimum atomic E-state index is -0.598. The molecule has 0 atom stereocenters. The maximum Gasteiger partial charge on any atom is 0.0648 e. The van der Waals surface area contributed by atoms with Crippen molar-refractivity contribution in [2.24, 2.45) is 0 Å². The maximum absolute atomic E-state index is 9.31. The van der Waals surface area contributed by atoms with Crippen molar-refractivity contribution in [1.29, 1.82) is 0 Å². The monoisotopic (exact) mass is 365 g/mol. The molecule has 0 aliphatic heterocycles. The Kier molecular flexibility index (Phi) is 6.09. The van der Waals surface area contributed by atoms with Gasteiger partial charge in [-0.3, -0.25) is 0 Å². The van der Waals surface area contributed by atoms with Crippen LogP contribution in [0.3, 0.4) is 0 Å². The number of nitrogens with one attached hydrogen (secondary N) is 1. The zero-order valence-corrected chi connectivity index (χ0v) is 12.9. The third kappa shape index (κ3) is 4.03. The highest BCUT2D eigenvalue weighted by Crippen LogP contribution is 2.24. The molecule has 0 spiro atoms. The number of benzene rings is 1. The van der Waals surface area contributed by atoms with Gasteiger partial charge in [0.05, 0.1) is 18.8 Å². The van der Waals surface area contributed by atoms with Crippen molar-refractivity contribution < 1.29 is 10.2 Å². The molecular weight excluding hydrogens is 350 g/mol. The first-order valence-corrected chi connectivity index (χ1v) is 7.06. The van der Waals surface area contributed by atoms with E-state index in [4.69, 9.17) is 0 Å². The van der Waals surface area contributed by atoms with E-state index in [9.17, 15) is 10.2 Å². The number of aliphatic hydroxyl groups excluding tert-OH is 2. The van der Waals surface area contributed by atoms with E-state index in [0.717, 1.165) is 14.5 Å². The fourth-order valence-corrected chi connectivity index (χ4v) is 2.12. The van der Waals surface area contributed by atoms with Crippen LogP contribution >= 0.6 is 31.9 Å². The van der Waals surface area contributed by atoms with Gasteiger partial charge in [0, 0.05) is 15.5 Å². The van der Waals surface area contributed by atoms with Gasteiger partial charge in [0.2, 0.25) is 0 Å². The first-order chi connectivity index (χ1) is 8.06. The van der Waals surface area contributed by atoms with Crippen molar-refractivity contribution in [3.05, 3.63) is 32.7 Å². The number of aliphatic hydroxyl groups is 2. The third-order valence-corrected chi connectivity index (χ3v) is 4.81. The summed E-state index contributed by atoms with van der Waals surface area (Å²) in [6, 6.07) is 5.97. The Morgan fingerprint density at radius 3 is 2.29 bits per heavy atom. The van der Waals surface area contributed by atoms with Gasteiger partial charge in [-0.1, -0.05) is 13.0 Å². The third-order valence-electron chi connectivity index (χ3n) is 2.93. The molecule has 1 aromatic carbocycles. The smallest absolute Gasteiger partial charge is 0.0648 e. The highest BCUT2D eigenvalue weighted by molar-refractivity contribution is 9.13. The van der Waals surface area contributed by atoms with Gasteiger partial charge in [-0.05, 0) is 56.0 Å². The van der Waals surface area contributed by atoms with Crippen LogP contribution in [0.2, 0.25) is 0 Å². The quantitative estimate of drug-likeness (QED) is 0.724. The molecule has 3 nitrogen and oxygen atoms in total. The summed E-state index contributed by atoms with van der Waals surface area (Å²) in [7, 11) is 0. The topological polar surface area (TPSA) is 52.5 Å². The van der Waals surface area contributed by atoms with Gasteiger partial charge >= 0.3 is 0 Å². The largest absolute Gasteiger partial charge is 0.394 e. The van der Waals surface area contributed by atoms with Crippen LogP contribution in [0.15, 0.2) is 27.1 Å². The molecule has 0 unspecified atom stereocenters. The average Bonchev–Trinajstić information content (AvgIpc) is 2.36. The average molecular weight is 367 g/mol. The molecule has 0 aliphatic carbocycles. The molecule has 96 valence electrons. The van der Waals surface area contributed by atoms with Crippen LogP contribution in [0.4, 0.5) is 0 Å². The highest BCUT2D eigenvalue weighted by Gasteiger charge is 2.25. The number of halogens is 2. The molecule has 0 saturated heterocycles. The first kappa shape index (κ1) is 15.1. The summed E-state index contributed by atoms with van der Waals surface area (Å²) in [4.78, 5) is 0. The predicted molar refractivity (Wildman–Crippen MR) is 75.9 cm³/mol. The summed E-state index contributed by atoms with van der Waals surface area (Å²) >= 11 is 6.86. The lowest BCUT2D eigenvalue weighted by atomic mass is 9.98. The molecule has 0 bridgehead atoms. The fourth-order valence-electron chi connectivity index (χ4n) is 1.45. The van der Waals surface area contributed by atoms with Crippen molar-refractivity contribution in [2.75, 3.05) is 13.2 Å². The van der Waals surface area contributed by atoms with E-state index in [1.807, 2.05) is 25.1 Å². The molecule has 5 heteroatoms. The zero-order valence-electron chi connectivity index (χ0n) is 9.71. The molecular formula is C12H17Br2NO2. The summed E-state index contributed by atoms with van der Waals surface area (Å²) in [5.74, 6) is 0. The summed E-state index contributed by atoms with van der Waals surface area (Å²) < 4.78 is 2.00. The second kappa shape index (κ2) is 6.85. The van der Waals surface area contributed by atoms with Crippen molar-refractivity contribution in [3.8, 4) is 0 Å². The Labute approximate surface area is 118 Å². The van der Waals surface area contributed by atoms with Gasteiger partial charge in [0.15, 0.2) is 0 Å². The molecule has 0 amide bonds. The van der Waals surface area contributed by atoms with Crippen LogP contribution in [0.25, 0.3) is 0 Å². The van der Waals surface area contributed by atoms with Crippen molar-refractivity contribution in [2.45, 2.75) is 25.4 Å². The van der Waals surface area contributed by atoms with E-state index in [0.29, 0.717) is 13.0 Å². The molecule has 1 rings (SSSR count). The highest BCUT2D eigenvalue weighted by atomic mass is 79.9. The predicted octanol–water partition coefficient (Wildman–Crippen LogP) is 2.43. The molecule has 0 aliphatic rings. The van der Waals surface area contributed by atoms with E-state index >= 15 is 0 Å². The van der Waals surface area contributed by atoms with Gasteiger partial charge in [-0.2, -0.15) is 0 Å². The van der Waals surface area contributed by atoms with Crippen LogP contribution in [-0.2, 0) is 6.54 Å². The Bertz CT molecular complexity index is 359. The van der Waals surface area contributed by atoms with Crippen LogP contribution in [0.1, 0.15) is 18.9 Å². The zero-order chi connectivity index (χ0) is 12.9. The summed E-state index contributed by atoms with van der Waals surface area (Å²) in [5.41, 5.74) is 0.499. The summed E-state index contributed by atoms with van der Waals surface area (Å²) in [6.07, 6.45) is 0.678. The Balaban J connectivity index is 2.68. The SMILES string of the molecule is CCC(CO)(CO)NCc1ccc(Br)c(Br)c1. The standard InChI is InChI=1S/C12H17Br2NO2/c1-2-12(7-16,8-17)15-6-9-3-4-10(13)11(14)5-9/h3-5,15-17H,2,6-8H2,1H3. The molecule has 0 heterocycles. The van der Waals surface area contributed by atoms with Crippen molar-refractivity contribution in [3.63, 3.8) is 0 Å². The minimum absolute atomic E-state index is 0.0717. The van der Waals surface area contributed by atoms with Crippen LogP contribution in [0.5, 0.6) is 0 Å². The van der Waals surface area contributed by atoms with Crippen molar-refractivity contribution in [1.82, 2.24) is 5.32 Å². The molecule has 0 radical (unpaired) electrons. The van der Waals surface area contributed by atoms with Gasteiger partial charge in [0.1, 0.15) is 0 Å². The molecule has 3 N–H and O–H groups in total. The maximum atomic E-state index is 9.31. The second-order valence-corrected chi connectivity index (χ2v) is 5.76. The van der Waals surface area contributed by atoms with Gasteiger partial charge < -0.3 is 15.5 Å².